The number of esters is 1. The van der Waals surface area contributed by atoms with Crippen molar-refractivity contribution < 1.29 is 14.3 Å². The van der Waals surface area contributed by atoms with Gasteiger partial charge < -0.3 is 9.64 Å². The van der Waals surface area contributed by atoms with Gasteiger partial charge in [-0.15, -0.1) is 11.8 Å². The molecule has 1 fully saturated rings. The van der Waals surface area contributed by atoms with Crippen LogP contribution in [0.3, 0.4) is 0 Å². The molecule has 1 aliphatic heterocycles. The molecule has 28 heavy (non-hydrogen) atoms. The lowest BCUT2D eigenvalue weighted by Gasteiger charge is -2.29. The van der Waals surface area contributed by atoms with Gasteiger partial charge in [-0.2, -0.15) is 0 Å². The van der Waals surface area contributed by atoms with E-state index in [2.05, 4.69) is 15.9 Å². The maximum atomic E-state index is 13.3. The van der Waals surface area contributed by atoms with Gasteiger partial charge in [0.05, 0.1) is 16.7 Å². The van der Waals surface area contributed by atoms with Gasteiger partial charge in [-0.1, -0.05) is 58.2 Å². The van der Waals surface area contributed by atoms with E-state index in [9.17, 15) is 9.59 Å². The number of carbonyl (C=O) groups is 2. The van der Waals surface area contributed by atoms with Crippen LogP contribution in [0.15, 0.2) is 46.9 Å². The monoisotopic (exact) mass is 501 g/mol. The number of halogens is 3. The average Bonchev–Trinajstić information content (AvgIpc) is 3.12. The highest BCUT2D eigenvalue weighted by molar-refractivity contribution is 9.10. The zero-order chi connectivity index (χ0) is 20.3. The second-order valence-corrected chi connectivity index (χ2v) is 9.11. The summed E-state index contributed by atoms with van der Waals surface area (Å²) in [4.78, 5) is 27.6. The molecule has 2 atom stereocenters. The van der Waals surface area contributed by atoms with Crippen molar-refractivity contribution in [3.05, 3.63) is 68.1 Å². The van der Waals surface area contributed by atoms with Gasteiger partial charge in [0.15, 0.2) is 0 Å². The lowest BCUT2D eigenvalue weighted by Crippen LogP contribution is -2.44. The molecule has 2 unspecified atom stereocenters. The summed E-state index contributed by atoms with van der Waals surface area (Å²) in [7, 11) is 0. The third-order valence-corrected chi connectivity index (χ3v) is 6.81. The maximum absolute atomic E-state index is 13.3. The Hall–Kier alpha value is -1.21. The fourth-order valence-electron chi connectivity index (χ4n) is 2.93. The molecule has 2 aromatic carbocycles. The van der Waals surface area contributed by atoms with Crippen molar-refractivity contribution >= 4 is 62.8 Å². The second-order valence-electron chi connectivity index (χ2n) is 6.27. The van der Waals surface area contributed by atoms with Crippen molar-refractivity contribution in [1.29, 1.82) is 0 Å². The third kappa shape index (κ3) is 4.67. The fourth-order valence-corrected chi connectivity index (χ4v) is 5.04. The molecule has 0 spiro atoms. The van der Waals surface area contributed by atoms with Crippen LogP contribution < -0.4 is 0 Å². The van der Waals surface area contributed by atoms with Crippen molar-refractivity contribution in [3.8, 4) is 0 Å². The first-order chi connectivity index (χ1) is 13.4. The van der Waals surface area contributed by atoms with Crippen LogP contribution in [0.5, 0.6) is 0 Å². The van der Waals surface area contributed by atoms with Crippen molar-refractivity contribution in [2.75, 3.05) is 12.4 Å². The number of hydrogen-bond donors (Lipinski definition) is 0. The summed E-state index contributed by atoms with van der Waals surface area (Å²) >= 11 is 17.1. The highest BCUT2D eigenvalue weighted by Gasteiger charge is 2.43. The second kappa shape index (κ2) is 9.53. The van der Waals surface area contributed by atoms with Crippen LogP contribution in [0.1, 0.15) is 34.6 Å². The van der Waals surface area contributed by atoms with Crippen LogP contribution in [0.25, 0.3) is 0 Å². The van der Waals surface area contributed by atoms with Gasteiger partial charge in [0.1, 0.15) is 11.4 Å². The first-order valence-corrected chi connectivity index (χ1v) is 11.3. The molecule has 1 aliphatic rings. The minimum Gasteiger partial charge on any atom is -0.464 e. The van der Waals surface area contributed by atoms with Crippen molar-refractivity contribution in [1.82, 2.24) is 4.90 Å². The summed E-state index contributed by atoms with van der Waals surface area (Å²) in [5.41, 5.74) is 1.31. The van der Waals surface area contributed by atoms with Crippen LogP contribution in [-0.4, -0.2) is 35.2 Å². The summed E-state index contributed by atoms with van der Waals surface area (Å²) in [6, 6.07) is 11.7. The van der Waals surface area contributed by atoms with Gasteiger partial charge in [-0.3, -0.25) is 4.79 Å². The first-order valence-electron chi connectivity index (χ1n) is 8.73. The lowest BCUT2D eigenvalue weighted by atomic mass is 10.1. The van der Waals surface area contributed by atoms with Gasteiger partial charge >= 0.3 is 5.97 Å². The summed E-state index contributed by atoms with van der Waals surface area (Å²) in [6.45, 7) is 2.26. The maximum Gasteiger partial charge on any atom is 0.329 e. The molecule has 0 N–H and O–H groups in total. The Morgan fingerprint density at radius 2 is 2.00 bits per heavy atom. The predicted molar refractivity (Wildman–Crippen MR) is 117 cm³/mol. The lowest BCUT2D eigenvalue weighted by molar-refractivity contribution is -0.148. The van der Waals surface area contributed by atoms with Gasteiger partial charge in [-0.25, -0.2) is 4.79 Å². The molecule has 4 nitrogen and oxygen atoms in total. The van der Waals surface area contributed by atoms with Crippen LogP contribution >= 0.6 is 50.9 Å². The topological polar surface area (TPSA) is 46.6 Å². The minimum atomic E-state index is -0.664. The number of nitrogens with zero attached hydrogens (tertiary/aromatic N) is 1. The van der Waals surface area contributed by atoms with Crippen LogP contribution in [0.2, 0.25) is 10.0 Å². The van der Waals surface area contributed by atoms with E-state index in [1.54, 1.807) is 35.2 Å². The van der Waals surface area contributed by atoms with Crippen LogP contribution in [0, 0.1) is 0 Å². The molecule has 8 heteroatoms. The van der Waals surface area contributed by atoms with Crippen LogP contribution in [-0.2, 0) is 9.53 Å². The number of hydrogen-bond acceptors (Lipinski definition) is 4. The highest BCUT2D eigenvalue weighted by Crippen LogP contribution is 2.44. The Bertz CT molecular complexity index is 896. The van der Waals surface area contributed by atoms with Crippen molar-refractivity contribution in [2.24, 2.45) is 0 Å². The number of ether oxygens (including phenoxy) is 1. The quantitative estimate of drug-likeness (QED) is 0.473. The standard InChI is InChI=1S/C20H18BrCl2NO3S/c1-2-8-27-20(26)17-11-28-19(13-6-7-15(22)16(23)10-13)24(17)18(25)12-4-3-5-14(21)9-12/h3-7,9-10,17,19H,2,8,11H2,1H3. The van der Waals surface area contributed by atoms with E-state index in [4.69, 9.17) is 27.9 Å². The molecule has 1 amide bonds. The summed E-state index contributed by atoms with van der Waals surface area (Å²) in [5, 5.41) is 0.490. The Labute approximate surface area is 186 Å². The summed E-state index contributed by atoms with van der Waals surface area (Å²) in [5.74, 6) is -0.172. The third-order valence-electron chi connectivity index (χ3n) is 4.26. The average molecular weight is 503 g/mol. The zero-order valence-electron chi connectivity index (χ0n) is 15.0. The molecule has 0 radical (unpaired) electrons. The van der Waals surface area contributed by atoms with E-state index in [1.165, 1.54) is 11.8 Å². The smallest absolute Gasteiger partial charge is 0.329 e. The number of carbonyl (C=O) groups excluding carboxylic acids is 2. The fraction of sp³-hybridized carbons (Fsp3) is 0.300. The number of thioether (sulfide) groups is 1. The van der Waals surface area contributed by atoms with E-state index in [1.807, 2.05) is 19.1 Å². The SMILES string of the molecule is CCCOC(=O)C1CSC(c2ccc(Cl)c(Cl)c2)N1C(=O)c1cccc(Br)c1. The summed E-state index contributed by atoms with van der Waals surface area (Å²) < 4.78 is 6.13. The number of rotatable bonds is 5. The Morgan fingerprint density at radius 1 is 1.21 bits per heavy atom. The van der Waals surface area contributed by atoms with Gasteiger partial charge in [-0.05, 0) is 42.3 Å². The normalized spacial score (nSPS) is 18.9. The van der Waals surface area contributed by atoms with E-state index in [-0.39, 0.29) is 17.3 Å². The van der Waals surface area contributed by atoms with Gasteiger partial charge in [0.2, 0.25) is 0 Å². The molecule has 2 aromatic rings. The highest BCUT2D eigenvalue weighted by atomic mass is 79.9. The van der Waals surface area contributed by atoms with Crippen LogP contribution in [0.4, 0.5) is 0 Å². The molecule has 1 heterocycles. The summed E-state index contributed by atoms with van der Waals surface area (Å²) in [6.07, 6.45) is 0.724. The van der Waals surface area contributed by atoms with E-state index in [0.717, 1.165) is 16.5 Å². The Morgan fingerprint density at radius 3 is 2.68 bits per heavy atom. The number of amides is 1. The molecule has 0 bridgehead atoms. The zero-order valence-corrected chi connectivity index (χ0v) is 18.9. The van der Waals surface area contributed by atoms with Gasteiger partial charge in [0.25, 0.3) is 5.91 Å². The van der Waals surface area contributed by atoms with Crippen molar-refractivity contribution in [2.45, 2.75) is 24.8 Å². The largest absolute Gasteiger partial charge is 0.464 e. The van der Waals surface area contributed by atoms with E-state index in [0.29, 0.717) is 28.0 Å². The molecule has 1 saturated heterocycles. The molecule has 0 aromatic heterocycles. The minimum absolute atomic E-state index is 0.235. The van der Waals surface area contributed by atoms with Gasteiger partial charge in [0, 0.05) is 15.8 Å². The molecular formula is C20H18BrCl2NO3S. The molecular weight excluding hydrogens is 485 g/mol. The van der Waals surface area contributed by atoms with E-state index < -0.39 is 6.04 Å². The molecule has 0 saturated carbocycles. The Kier molecular flexibility index (Phi) is 7.31. The molecule has 3 rings (SSSR count). The van der Waals surface area contributed by atoms with Crippen molar-refractivity contribution in [3.63, 3.8) is 0 Å². The first kappa shape index (κ1) is 21.5. The number of benzene rings is 2. The predicted octanol–water partition coefficient (Wildman–Crippen LogP) is 5.97. The molecule has 148 valence electrons. The Balaban J connectivity index is 1.97. The van der Waals surface area contributed by atoms with E-state index >= 15 is 0 Å². The molecule has 0 aliphatic carbocycles.